The molecule has 1 unspecified atom stereocenters. The van der Waals surface area contributed by atoms with E-state index in [2.05, 4.69) is 10.5 Å². The number of nitrogens with one attached hydrogen (secondary N) is 1. The zero-order chi connectivity index (χ0) is 12.4. The summed E-state index contributed by atoms with van der Waals surface area (Å²) < 4.78 is 5.39. The molecule has 1 aromatic carbocycles. The molecular formula is C14H16N2O2. The Morgan fingerprint density at radius 1 is 1.22 bits per heavy atom. The molecule has 2 N–H and O–H groups in total. The molecule has 1 atom stereocenters. The number of piperidine rings is 1. The van der Waals surface area contributed by atoms with Gasteiger partial charge in [0.1, 0.15) is 5.75 Å². The van der Waals surface area contributed by atoms with Crippen LogP contribution in [-0.4, -0.2) is 16.8 Å². The van der Waals surface area contributed by atoms with E-state index in [1.807, 2.05) is 18.2 Å². The second-order valence-electron chi connectivity index (χ2n) is 4.62. The summed E-state index contributed by atoms with van der Waals surface area (Å²) in [7, 11) is 0. The maximum atomic E-state index is 9.92. The Kier molecular flexibility index (Phi) is 3.02. The van der Waals surface area contributed by atoms with Crippen molar-refractivity contribution in [1.29, 1.82) is 0 Å². The van der Waals surface area contributed by atoms with Crippen molar-refractivity contribution in [3.63, 3.8) is 0 Å². The molecule has 2 aromatic rings. The third-order valence-corrected chi connectivity index (χ3v) is 3.42. The van der Waals surface area contributed by atoms with Gasteiger partial charge in [-0.2, -0.15) is 0 Å². The normalized spacial score (nSPS) is 19.9. The fourth-order valence-electron chi connectivity index (χ4n) is 2.48. The summed E-state index contributed by atoms with van der Waals surface area (Å²) in [6.07, 6.45) is 5.13. The van der Waals surface area contributed by atoms with Crippen LogP contribution in [0.4, 0.5) is 0 Å². The zero-order valence-corrected chi connectivity index (χ0v) is 10.1. The second kappa shape index (κ2) is 4.82. The molecule has 94 valence electrons. The average molecular weight is 244 g/mol. The average Bonchev–Trinajstić information content (AvgIpc) is 2.89. The Balaban J connectivity index is 1.98. The Morgan fingerprint density at radius 3 is 2.89 bits per heavy atom. The summed E-state index contributed by atoms with van der Waals surface area (Å²) in [4.78, 5) is 0. The highest BCUT2D eigenvalue weighted by molar-refractivity contribution is 5.71. The molecule has 2 heterocycles. The van der Waals surface area contributed by atoms with E-state index in [0.29, 0.717) is 0 Å². The van der Waals surface area contributed by atoms with Crippen molar-refractivity contribution in [3.8, 4) is 16.9 Å². The van der Waals surface area contributed by atoms with Crippen LogP contribution in [0.15, 0.2) is 35.0 Å². The highest BCUT2D eigenvalue weighted by Crippen LogP contribution is 2.36. The summed E-state index contributed by atoms with van der Waals surface area (Å²) >= 11 is 0. The molecule has 1 aliphatic rings. The Hall–Kier alpha value is -1.81. The van der Waals surface area contributed by atoms with Crippen LogP contribution in [0.2, 0.25) is 0 Å². The first-order chi connectivity index (χ1) is 8.86. The molecule has 4 nitrogen and oxygen atoms in total. The fourth-order valence-corrected chi connectivity index (χ4v) is 2.48. The molecule has 0 spiro atoms. The number of phenolic OH excluding ortho intramolecular Hbond substituents is 1. The molecule has 18 heavy (non-hydrogen) atoms. The lowest BCUT2D eigenvalue weighted by molar-refractivity contribution is 0.305. The van der Waals surface area contributed by atoms with Crippen LogP contribution < -0.4 is 5.32 Å². The van der Waals surface area contributed by atoms with E-state index in [9.17, 15) is 5.11 Å². The first-order valence-corrected chi connectivity index (χ1v) is 6.32. The predicted octanol–water partition coefficient (Wildman–Crippen LogP) is 2.86. The highest BCUT2D eigenvalue weighted by Gasteiger charge is 2.23. The molecule has 3 rings (SSSR count). The van der Waals surface area contributed by atoms with Crippen LogP contribution in [0.3, 0.4) is 0 Å². The molecule has 0 amide bonds. The van der Waals surface area contributed by atoms with Crippen LogP contribution in [0, 0.1) is 0 Å². The van der Waals surface area contributed by atoms with Crippen LogP contribution in [0.25, 0.3) is 11.1 Å². The minimum absolute atomic E-state index is 0.204. The minimum atomic E-state index is 0.204. The first-order valence-electron chi connectivity index (χ1n) is 6.32. The molecule has 0 saturated carbocycles. The van der Waals surface area contributed by atoms with E-state index < -0.39 is 0 Å². The summed E-state index contributed by atoms with van der Waals surface area (Å²) in [5.41, 5.74) is 1.66. The summed E-state index contributed by atoms with van der Waals surface area (Å²) in [6, 6.07) is 7.48. The number of benzene rings is 1. The summed E-state index contributed by atoms with van der Waals surface area (Å²) in [5.74, 6) is 1.09. The van der Waals surface area contributed by atoms with Gasteiger partial charge in [-0.05, 0) is 25.5 Å². The third-order valence-electron chi connectivity index (χ3n) is 3.42. The number of aromatic hydroxyl groups is 1. The standard InChI is InChI=1S/C14H16N2O2/c17-13-7-2-1-5-10(13)11-9-16-18-14(11)12-6-3-4-8-15-12/h1-2,5,7,9,12,15,17H,3-4,6,8H2. The van der Waals surface area contributed by atoms with Gasteiger partial charge < -0.3 is 14.9 Å². The Labute approximate surface area is 106 Å². The number of nitrogens with zero attached hydrogens (tertiary/aromatic N) is 1. The molecule has 0 aliphatic carbocycles. The lowest BCUT2D eigenvalue weighted by Gasteiger charge is -2.22. The van der Waals surface area contributed by atoms with E-state index in [0.717, 1.165) is 29.9 Å². The van der Waals surface area contributed by atoms with Gasteiger partial charge in [-0.25, -0.2) is 0 Å². The number of rotatable bonds is 2. The van der Waals surface area contributed by atoms with Gasteiger partial charge in [-0.15, -0.1) is 0 Å². The van der Waals surface area contributed by atoms with Crippen molar-refractivity contribution >= 4 is 0 Å². The van der Waals surface area contributed by atoms with Gasteiger partial charge in [0.25, 0.3) is 0 Å². The lowest BCUT2D eigenvalue weighted by atomic mass is 9.97. The number of hydrogen-bond acceptors (Lipinski definition) is 4. The monoisotopic (exact) mass is 244 g/mol. The smallest absolute Gasteiger partial charge is 0.161 e. The SMILES string of the molecule is Oc1ccccc1-c1cnoc1C1CCCCN1. The second-order valence-corrected chi connectivity index (χ2v) is 4.62. The molecule has 1 aromatic heterocycles. The summed E-state index contributed by atoms with van der Waals surface area (Å²) in [6.45, 7) is 1.01. The van der Waals surface area contributed by atoms with Gasteiger partial charge in [0, 0.05) is 11.1 Å². The van der Waals surface area contributed by atoms with Gasteiger partial charge in [-0.1, -0.05) is 29.8 Å². The van der Waals surface area contributed by atoms with Crippen molar-refractivity contribution in [2.75, 3.05) is 6.54 Å². The maximum absolute atomic E-state index is 9.92. The quantitative estimate of drug-likeness (QED) is 0.852. The van der Waals surface area contributed by atoms with Crippen LogP contribution in [0.5, 0.6) is 5.75 Å². The number of hydrogen-bond donors (Lipinski definition) is 2. The van der Waals surface area contributed by atoms with E-state index in [4.69, 9.17) is 4.52 Å². The fraction of sp³-hybridized carbons (Fsp3) is 0.357. The van der Waals surface area contributed by atoms with Gasteiger partial charge in [0.2, 0.25) is 0 Å². The van der Waals surface area contributed by atoms with Crippen LogP contribution in [-0.2, 0) is 0 Å². The lowest BCUT2D eigenvalue weighted by Crippen LogP contribution is -2.26. The third kappa shape index (κ3) is 1.99. The number of aromatic nitrogens is 1. The molecule has 0 radical (unpaired) electrons. The molecule has 1 aliphatic heterocycles. The summed E-state index contributed by atoms with van der Waals surface area (Å²) in [5, 5.41) is 17.2. The van der Waals surface area contributed by atoms with E-state index in [-0.39, 0.29) is 11.8 Å². The van der Waals surface area contributed by atoms with Gasteiger partial charge in [0.05, 0.1) is 12.2 Å². The van der Waals surface area contributed by atoms with Gasteiger partial charge >= 0.3 is 0 Å². The molecular weight excluding hydrogens is 228 g/mol. The van der Waals surface area contributed by atoms with Gasteiger partial charge in [0.15, 0.2) is 5.76 Å². The van der Waals surface area contributed by atoms with Crippen molar-refractivity contribution in [2.45, 2.75) is 25.3 Å². The van der Waals surface area contributed by atoms with Crippen molar-refractivity contribution < 1.29 is 9.63 Å². The first kappa shape index (κ1) is 11.3. The number of para-hydroxylation sites is 1. The topological polar surface area (TPSA) is 58.3 Å². The molecule has 1 saturated heterocycles. The minimum Gasteiger partial charge on any atom is -0.507 e. The van der Waals surface area contributed by atoms with Crippen molar-refractivity contribution in [1.82, 2.24) is 10.5 Å². The highest BCUT2D eigenvalue weighted by atomic mass is 16.5. The zero-order valence-electron chi connectivity index (χ0n) is 10.1. The van der Waals surface area contributed by atoms with Crippen LogP contribution >= 0.6 is 0 Å². The Bertz CT molecular complexity index is 530. The van der Waals surface area contributed by atoms with Crippen molar-refractivity contribution in [2.24, 2.45) is 0 Å². The molecule has 4 heteroatoms. The van der Waals surface area contributed by atoms with E-state index in [1.165, 1.54) is 12.8 Å². The van der Waals surface area contributed by atoms with E-state index in [1.54, 1.807) is 12.3 Å². The Morgan fingerprint density at radius 2 is 2.11 bits per heavy atom. The van der Waals surface area contributed by atoms with Crippen LogP contribution in [0.1, 0.15) is 31.1 Å². The predicted molar refractivity (Wildman–Crippen MR) is 68.2 cm³/mol. The number of phenols is 1. The largest absolute Gasteiger partial charge is 0.507 e. The van der Waals surface area contributed by atoms with Crippen molar-refractivity contribution in [3.05, 3.63) is 36.2 Å². The molecule has 0 bridgehead atoms. The molecule has 1 fully saturated rings. The van der Waals surface area contributed by atoms with Gasteiger partial charge in [-0.3, -0.25) is 0 Å². The maximum Gasteiger partial charge on any atom is 0.161 e. The van der Waals surface area contributed by atoms with E-state index >= 15 is 0 Å².